The number of nitrogen functional groups attached to an aromatic ring is 1. The number of hydrogen-bond acceptors (Lipinski definition) is 3. The van der Waals surface area contributed by atoms with Crippen LogP contribution in [0.15, 0.2) is 18.2 Å². The van der Waals surface area contributed by atoms with Crippen LogP contribution in [0.1, 0.15) is 19.4 Å². The largest absolute Gasteiger partial charge is 0.508 e. The second-order valence-corrected chi connectivity index (χ2v) is 3.35. The molecule has 0 heterocycles. The predicted octanol–water partition coefficient (Wildman–Crippen LogP) is 1.82. The first kappa shape index (κ1) is 10.9. The first-order valence-corrected chi connectivity index (χ1v) is 4.97. The summed E-state index contributed by atoms with van der Waals surface area (Å²) >= 11 is 0. The minimum atomic E-state index is 0.289. The molecule has 0 saturated carbocycles. The molecular weight excluding hydrogens is 176 g/mol. The zero-order valence-electron chi connectivity index (χ0n) is 8.83. The maximum Gasteiger partial charge on any atom is 0.122 e. The standard InChI is InChI=1S/C11H18N2O/c1-3-13(4-2)8-9-5-6-10(12)7-11(9)14/h5-7,14H,3-4,8,12H2,1-2H3. The maximum atomic E-state index is 9.62. The molecule has 3 nitrogen and oxygen atoms in total. The monoisotopic (exact) mass is 194 g/mol. The third-order valence-electron chi connectivity index (χ3n) is 2.40. The molecule has 3 heteroatoms. The van der Waals surface area contributed by atoms with E-state index in [4.69, 9.17) is 5.73 Å². The van der Waals surface area contributed by atoms with Crippen molar-refractivity contribution in [2.45, 2.75) is 20.4 Å². The van der Waals surface area contributed by atoms with Crippen LogP contribution in [0.3, 0.4) is 0 Å². The lowest BCUT2D eigenvalue weighted by molar-refractivity contribution is 0.291. The summed E-state index contributed by atoms with van der Waals surface area (Å²) in [5, 5.41) is 9.62. The second-order valence-electron chi connectivity index (χ2n) is 3.35. The van der Waals surface area contributed by atoms with E-state index in [0.29, 0.717) is 5.69 Å². The summed E-state index contributed by atoms with van der Waals surface area (Å²) in [4.78, 5) is 2.24. The molecule has 0 amide bonds. The van der Waals surface area contributed by atoms with Crippen molar-refractivity contribution in [3.05, 3.63) is 23.8 Å². The van der Waals surface area contributed by atoms with Gasteiger partial charge in [-0.25, -0.2) is 0 Å². The van der Waals surface area contributed by atoms with Gasteiger partial charge in [-0.1, -0.05) is 19.9 Å². The maximum absolute atomic E-state index is 9.62. The van der Waals surface area contributed by atoms with Crippen LogP contribution in [-0.4, -0.2) is 23.1 Å². The zero-order chi connectivity index (χ0) is 10.6. The van der Waals surface area contributed by atoms with Crippen LogP contribution in [0, 0.1) is 0 Å². The van der Waals surface area contributed by atoms with Gasteiger partial charge in [0.25, 0.3) is 0 Å². The Morgan fingerprint density at radius 3 is 2.43 bits per heavy atom. The van der Waals surface area contributed by atoms with Gasteiger partial charge in [-0.15, -0.1) is 0 Å². The highest BCUT2D eigenvalue weighted by molar-refractivity contribution is 5.47. The van der Waals surface area contributed by atoms with Crippen molar-refractivity contribution in [1.29, 1.82) is 0 Å². The highest BCUT2D eigenvalue weighted by Gasteiger charge is 2.05. The first-order valence-electron chi connectivity index (χ1n) is 4.97. The summed E-state index contributed by atoms with van der Waals surface area (Å²) in [5.74, 6) is 0.289. The van der Waals surface area contributed by atoms with E-state index in [0.717, 1.165) is 25.2 Å². The lowest BCUT2D eigenvalue weighted by Crippen LogP contribution is -2.22. The first-order chi connectivity index (χ1) is 6.67. The fourth-order valence-corrected chi connectivity index (χ4v) is 1.40. The van der Waals surface area contributed by atoms with Gasteiger partial charge in [0, 0.05) is 23.9 Å². The fraction of sp³-hybridized carbons (Fsp3) is 0.455. The molecule has 0 aliphatic rings. The van der Waals surface area contributed by atoms with Gasteiger partial charge in [-0.05, 0) is 19.2 Å². The Bertz CT molecular complexity index is 295. The number of phenolic OH excluding ortho intramolecular Hbond substituents is 1. The molecule has 1 aromatic carbocycles. The van der Waals surface area contributed by atoms with Crippen LogP contribution in [0.25, 0.3) is 0 Å². The van der Waals surface area contributed by atoms with Crippen molar-refractivity contribution in [2.75, 3.05) is 18.8 Å². The second kappa shape index (κ2) is 4.86. The van der Waals surface area contributed by atoms with Gasteiger partial charge < -0.3 is 10.8 Å². The highest BCUT2D eigenvalue weighted by atomic mass is 16.3. The smallest absolute Gasteiger partial charge is 0.122 e. The van der Waals surface area contributed by atoms with E-state index in [1.807, 2.05) is 12.1 Å². The minimum absolute atomic E-state index is 0.289. The van der Waals surface area contributed by atoms with Crippen molar-refractivity contribution < 1.29 is 5.11 Å². The van der Waals surface area contributed by atoms with E-state index >= 15 is 0 Å². The zero-order valence-corrected chi connectivity index (χ0v) is 8.83. The molecular formula is C11H18N2O. The van der Waals surface area contributed by atoms with E-state index in [9.17, 15) is 5.11 Å². The molecule has 0 aliphatic heterocycles. The summed E-state index contributed by atoms with van der Waals surface area (Å²) < 4.78 is 0. The van der Waals surface area contributed by atoms with Crippen LogP contribution >= 0.6 is 0 Å². The molecule has 78 valence electrons. The molecule has 0 unspecified atom stereocenters. The average Bonchev–Trinajstić information content (AvgIpc) is 2.17. The summed E-state index contributed by atoms with van der Waals surface area (Å²) in [5.41, 5.74) is 7.09. The normalized spacial score (nSPS) is 10.8. The summed E-state index contributed by atoms with van der Waals surface area (Å²) in [6.07, 6.45) is 0. The highest BCUT2D eigenvalue weighted by Crippen LogP contribution is 2.21. The van der Waals surface area contributed by atoms with Crippen LogP contribution in [0.4, 0.5) is 5.69 Å². The molecule has 0 atom stereocenters. The van der Waals surface area contributed by atoms with Crippen molar-refractivity contribution in [3.63, 3.8) is 0 Å². The lowest BCUT2D eigenvalue weighted by Gasteiger charge is -2.18. The number of benzene rings is 1. The van der Waals surface area contributed by atoms with E-state index < -0.39 is 0 Å². The molecule has 1 rings (SSSR count). The Morgan fingerprint density at radius 2 is 1.93 bits per heavy atom. The third-order valence-corrected chi connectivity index (χ3v) is 2.40. The van der Waals surface area contributed by atoms with E-state index in [2.05, 4.69) is 18.7 Å². The Kier molecular flexibility index (Phi) is 3.77. The van der Waals surface area contributed by atoms with Crippen molar-refractivity contribution >= 4 is 5.69 Å². The van der Waals surface area contributed by atoms with Gasteiger partial charge in [-0.2, -0.15) is 0 Å². The van der Waals surface area contributed by atoms with Crippen molar-refractivity contribution in [2.24, 2.45) is 0 Å². The van der Waals surface area contributed by atoms with Gasteiger partial charge in [0.05, 0.1) is 0 Å². The molecule has 0 aliphatic carbocycles. The minimum Gasteiger partial charge on any atom is -0.508 e. The Hall–Kier alpha value is -1.22. The number of rotatable bonds is 4. The number of aromatic hydroxyl groups is 1. The molecule has 0 spiro atoms. The quantitative estimate of drug-likeness (QED) is 0.719. The molecule has 3 N–H and O–H groups in total. The van der Waals surface area contributed by atoms with Crippen molar-refractivity contribution in [1.82, 2.24) is 4.90 Å². The number of nitrogens with zero attached hydrogens (tertiary/aromatic N) is 1. The molecule has 14 heavy (non-hydrogen) atoms. The molecule has 0 fully saturated rings. The van der Waals surface area contributed by atoms with Crippen molar-refractivity contribution in [3.8, 4) is 5.75 Å². The predicted molar refractivity (Wildman–Crippen MR) is 59.1 cm³/mol. The van der Waals surface area contributed by atoms with Gasteiger partial charge in [-0.3, -0.25) is 4.90 Å². The number of hydrogen-bond donors (Lipinski definition) is 2. The Morgan fingerprint density at radius 1 is 1.29 bits per heavy atom. The SMILES string of the molecule is CCN(CC)Cc1ccc(N)cc1O. The fourth-order valence-electron chi connectivity index (χ4n) is 1.40. The molecule has 0 saturated heterocycles. The van der Waals surface area contributed by atoms with E-state index in [-0.39, 0.29) is 5.75 Å². The van der Waals surface area contributed by atoms with Gasteiger partial charge in [0.1, 0.15) is 5.75 Å². The van der Waals surface area contributed by atoms with Crippen LogP contribution in [0.2, 0.25) is 0 Å². The van der Waals surface area contributed by atoms with Crippen LogP contribution < -0.4 is 5.73 Å². The number of anilines is 1. The molecule has 1 aromatic rings. The Balaban J connectivity index is 2.76. The molecule has 0 bridgehead atoms. The van der Waals surface area contributed by atoms with E-state index in [1.165, 1.54) is 0 Å². The average molecular weight is 194 g/mol. The van der Waals surface area contributed by atoms with Gasteiger partial charge in [0.2, 0.25) is 0 Å². The molecule has 0 aromatic heterocycles. The Labute approximate surface area is 85.2 Å². The van der Waals surface area contributed by atoms with Gasteiger partial charge >= 0.3 is 0 Å². The summed E-state index contributed by atoms with van der Waals surface area (Å²) in [6.45, 7) is 6.97. The topological polar surface area (TPSA) is 49.5 Å². The molecule has 0 radical (unpaired) electrons. The number of phenols is 1. The summed E-state index contributed by atoms with van der Waals surface area (Å²) in [6, 6.07) is 5.29. The third kappa shape index (κ3) is 2.64. The van der Waals surface area contributed by atoms with E-state index in [1.54, 1.807) is 6.07 Å². The van der Waals surface area contributed by atoms with Gasteiger partial charge in [0.15, 0.2) is 0 Å². The number of nitrogens with two attached hydrogens (primary N) is 1. The van der Waals surface area contributed by atoms with Crippen LogP contribution in [-0.2, 0) is 6.54 Å². The lowest BCUT2D eigenvalue weighted by atomic mass is 10.1. The summed E-state index contributed by atoms with van der Waals surface area (Å²) in [7, 11) is 0. The van der Waals surface area contributed by atoms with Crippen LogP contribution in [0.5, 0.6) is 5.75 Å².